The number of aliphatic hydroxyl groups excluding tert-OH is 1. The number of hydrogen-bond donors (Lipinski definition) is 1. The van der Waals surface area contributed by atoms with Gasteiger partial charge in [0.2, 0.25) is 0 Å². The highest BCUT2D eigenvalue weighted by Gasteiger charge is 2.26. The van der Waals surface area contributed by atoms with Crippen LogP contribution in [0.3, 0.4) is 0 Å². The fourth-order valence-electron chi connectivity index (χ4n) is 1.48. The van der Waals surface area contributed by atoms with Crippen molar-refractivity contribution in [2.24, 2.45) is 5.92 Å². The molecular formula is C8H11N3O2. The van der Waals surface area contributed by atoms with E-state index in [4.69, 9.17) is 5.11 Å². The summed E-state index contributed by atoms with van der Waals surface area (Å²) < 4.78 is 1.68. The van der Waals surface area contributed by atoms with Crippen molar-refractivity contribution < 1.29 is 9.90 Å². The molecule has 2 rings (SSSR count). The van der Waals surface area contributed by atoms with E-state index in [1.54, 1.807) is 10.9 Å². The van der Waals surface area contributed by atoms with Crippen LogP contribution in [-0.4, -0.2) is 25.9 Å². The molecule has 1 aromatic rings. The zero-order chi connectivity index (χ0) is 9.26. The van der Waals surface area contributed by atoms with Crippen molar-refractivity contribution in [3.8, 4) is 0 Å². The van der Waals surface area contributed by atoms with Gasteiger partial charge in [-0.25, -0.2) is 0 Å². The van der Waals surface area contributed by atoms with Crippen LogP contribution >= 0.6 is 0 Å². The molecule has 1 aromatic heterocycles. The van der Waals surface area contributed by atoms with Gasteiger partial charge in [0, 0.05) is 19.4 Å². The normalized spacial score (nSPS) is 17.5. The van der Waals surface area contributed by atoms with Crippen LogP contribution in [0.4, 0.5) is 0 Å². The Hall–Kier alpha value is -1.23. The molecule has 0 radical (unpaired) electrons. The summed E-state index contributed by atoms with van der Waals surface area (Å²) in [6.07, 6.45) is 3.03. The Morgan fingerprint density at radius 2 is 2.38 bits per heavy atom. The first-order valence-corrected chi connectivity index (χ1v) is 4.29. The van der Waals surface area contributed by atoms with Gasteiger partial charge in [-0.05, 0) is 5.92 Å². The summed E-state index contributed by atoms with van der Waals surface area (Å²) >= 11 is 0. The van der Waals surface area contributed by atoms with Crippen LogP contribution in [0.5, 0.6) is 0 Å². The van der Waals surface area contributed by atoms with Gasteiger partial charge in [-0.1, -0.05) is 5.21 Å². The van der Waals surface area contributed by atoms with E-state index in [2.05, 4.69) is 10.3 Å². The molecule has 0 unspecified atom stereocenters. The summed E-state index contributed by atoms with van der Waals surface area (Å²) in [5.41, 5.74) is 0.575. The number of carbonyl (C=O) groups is 1. The molecule has 0 bridgehead atoms. The van der Waals surface area contributed by atoms with Crippen molar-refractivity contribution in [3.05, 3.63) is 11.9 Å². The molecular weight excluding hydrogens is 170 g/mol. The van der Waals surface area contributed by atoms with E-state index in [0.29, 0.717) is 30.2 Å². The van der Waals surface area contributed by atoms with Gasteiger partial charge in [0.25, 0.3) is 0 Å². The molecule has 1 heterocycles. The van der Waals surface area contributed by atoms with Crippen LogP contribution < -0.4 is 0 Å². The lowest BCUT2D eigenvalue weighted by molar-refractivity contribution is -0.127. The third kappa shape index (κ3) is 1.75. The van der Waals surface area contributed by atoms with Crippen molar-refractivity contribution in [1.82, 2.24) is 15.0 Å². The van der Waals surface area contributed by atoms with Crippen LogP contribution in [0.1, 0.15) is 18.5 Å². The minimum atomic E-state index is -0.0798. The predicted octanol–water partition coefficient (Wildman–Crippen LogP) is -0.251. The van der Waals surface area contributed by atoms with E-state index < -0.39 is 0 Å². The highest BCUT2D eigenvalue weighted by molar-refractivity contribution is 5.84. The average molecular weight is 181 g/mol. The van der Waals surface area contributed by atoms with Crippen LogP contribution in [0.15, 0.2) is 6.20 Å². The molecule has 5 heteroatoms. The minimum Gasteiger partial charge on any atom is -0.390 e. The van der Waals surface area contributed by atoms with Crippen LogP contribution in [0.25, 0.3) is 0 Å². The predicted molar refractivity (Wildman–Crippen MR) is 43.7 cm³/mol. The Bertz CT molecular complexity index is 313. The summed E-state index contributed by atoms with van der Waals surface area (Å²) in [5, 5.41) is 16.3. The Labute approximate surface area is 75.4 Å². The Morgan fingerprint density at radius 3 is 2.92 bits per heavy atom. The first-order chi connectivity index (χ1) is 6.28. The zero-order valence-corrected chi connectivity index (χ0v) is 7.18. The molecule has 0 aromatic carbocycles. The highest BCUT2D eigenvalue weighted by Crippen LogP contribution is 2.23. The van der Waals surface area contributed by atoms with Gasteiger partial charge in [0.1, 0.15) is 11.5 Å². The van der Waals surface area contributed by atoms with Gasteiger partial charge in [-0.15, -0.1) is 5.10 Å². The number of aromatic nitrogens is 3. The molecule has 1 aliphatic carbocycles. The summed E-state index contributed by atoms with van der Waals surface area (Å²) in [6.45, 7) is 0.655. The quantitative estimate of drug-likeness (QED) is 0.698. The second-order valence-electron chi connectivity index (χ2n) is 3.40. The molecule has 0 saturated heterocycles. The van der Waals surface area contributed by atoms with Gasteiger partial charge >= 0.3 is 0 Å². The largest absolute Gasteiger partial charge is 0.390 e. The maximum atomic E-state index is 10.7. The van der Waals surface area contributed by atoms with E-state index in [0.717, 1.165) is 6.54 Å². The van der Waals surface area contributed by atoms with E-state index >= 15 is 0 Å². The summed E-state index contributed by atoms with van der Waals surface area (Å²) in [5.74, 6) is 0.744. The van der Waals surface area contributed by atoms with Crippen molar-refractivity contribution in [2.75, 3.05) is 0 Å². The molecule has 1 fully saturated rings. The summed E-state index contributed by atoms with van der Waals surface area (Å²) in [7, 11) is 0. The van der Waals surface area contributed by atoms with Crippen LogP contribution in [-0.2, 0) is 17.9 Å². The summed E-state index contributed by atoms with van der Waals surface area (Å²) in [4.78, 5) is 10.7. The number of carbonyl (C=O) groups excluding carboxylic acids is 1. The molecule has 0 amide bonds. The number of hydrogen-bond acceptors (Lipinski definition) is 4. The number of ketones is 1. The first-order valence-electron chi connectivity index (χ1n) is 4.29. The fourth-order valence-corrected chi connectivity index (χ4v) is 1.48. The smallest absolute Gasteiger partial charge is 0.133 e. The summed E-state index contributed by atoms with van der Waals surface area (Å²) in [6, 6.07) is 0. The van der Waals surface area contributed by atoms with Gasteiger partial charge in [-0.3, -0.25) is 9.48 Å². The lowest BCUT2D eigenvalue weighted by Crippen LogP contribution is -2.27. The van der Waals surface area contributed by atoms with Crippen molar-refractivity contribution >= 4 is 5.78 Å². The van der Waals surface area contributed by atoms with E-state index in [1.165, 1.54) is 0 Å². The molecule has 0 atom stereocenters. The fraction of sp³-hybridized carbons (Fsp3) is 0.625. The molecule has 5 nitrogen and oxygen atoms in total. The van der Waals surface area contributed by atoms with Crippen molar-refractivity contribution in [1.29, 1.82) is 0 Å². The van der Waals surface area contributed by atoms with Gasteiger partial charge in [-0.2, -0.15) is 0 Å². The highest BCUT2D eigenvalue weighted by atomic mass is 16.3. The molecule has 0 aliphatic heterocycles. The van der Waals surface area contributed by atoms with Gasteiger partial charge in [0.05, 0.1) is 12.8 Å². The van der Waals surface area contributed by atoms with E-state index in [1.807, 2.05) is 0 Å². The van der Waals surface area contributed by atoms with E-state index in [-0.39, 0.29) is 6.61 Å². The van der Waals surface area contributed by atoms with E-state index in [9.17, 15) is 4.79 Å². The molecule has 70 valence electrons. The number of nitrogens with zero attached hydrogens (tertiary/aromatic N) is 3. The Morgan fingerprint density at radius 1 is 1.62 bits per heavy atom. The topological polar surface area (TPSA) is 68.0 Å². The monoisotopic (exact) mass is 181 g/mol. The number of rotatable bonds is 3. The maximum Gasteiger partial charge on any atom is 0.133 e. The SMILES string of the molecule is O=C1CC(Cn2cc(CO)nn2)C1. The van der Waals surface area contributed by atoms with Gasteiger partial charge < -0.3 is 5.11 Å². The lowest BCUT2D eigenvalue weighted by atomic mass is 9.84. The molecule has 1 aliphatic rings. The lowest BCUT2D eigenvalue weighted by Gasteiger charge is -2.23. The van der Waals surface area contributed by atoms with Crippen molar-refractivity contribution in [2.45, 2.75) is 26.0 Å². The van der Waals surface area contributed by atoms with Crippen molar-refractivity contribution in [3.63, 3.8) is 0 Å². The standard InChI is InChI=1S/C8H11N3O2/c12-5-7-4-11(10-9-7)3-6-1-8(13)2-6/h4,6,12H,1-3,5H2. The minimum absolute atomic E-state index is 0.0798. The molecule has 13 heavy (non-hydrogen) atoms. The molecule has 1 saturated carbocycles. The van der Waals surface area contributed by atoms with Gasteiger partial charge in [0.15, 0.2) is 0 Å². The van der Waals surface area contributed by atoms with Crippen LogP contribution in [0.2, 0.25) is 0 Å². The third-order valence-corrected chi connectivity index (χ3v) is 2.23. The molecule has 1 N–H and O–H groups in total. The first kappa shape index (κ1) is 8.37. The second kappa shape index (κ2) is 3.26. The Kier molecular flexibility index (Phi) is 2.10. The van der Waals surface area contributed by atoms with Crippen LogP contribution in [0, 0.1) is 5.92 Å². The zero-order valence-electron chi connectivity index (χ0n) is 7.18. The molecule has 0 spiro atoms. The second-order valence-corrected chi connectivity index (χ2v) is 3.40. The maximum absolute atomic E-state index is 10.7. The number of Topliss-reactive ketones (excluding diaryl/α,β-unsaturated/α-hetero) is 1. The number of aliphatic hydroxyl groups is 1. The third-order valence-electron chi connectivity index (χ3n) is 2.23. The average Bonchev–Trinajstić information content (AvgIpc) is 2.50. The Balaban J connectivity index is 1.90.